The van der Waals surface area contributed by atoms with E-state index in [0.29, 0.717) is 31.8 Å². The summed E-state index contributed by atoms with van der Waals surface area (Å²) in [5.74, 6) is -0.311. The zero-order valence-corrected chi connectivity index (χ0v) is 27.2. The van der Waals surface area contributed by atoms with Crippen LogP contribution in [0.5, 0.6) is 0 Å². The highest BCUT2D eigenvalue weighted by atomic mass is 32.1. The fourth-order valence-corrected chi connectivity index (χ4v) is 9.55. The van der Waals surface area contributed by atoms with E-state index in [1.807, 2.05) is 48.5 Å². The van der Waals surface area contributed by atoms with Gasteiger partial charge in [-0.1, -0.05) is 29.5 Å². The van der Waals surface area contributed by atoms with Crippen LogP contribution < -0.4 is 15.5 Å². The maximum atomic E-state index is 14.1. The highest BCUT2D eigenvalue weighted by Gasteiger charge is 2.57. The van der Waals surface area contributed by atoms with E-state index < -0.39 is 17.4 Å². The van der Waals surface area contributed by atoms with Crippen LogP contribution in [-0.4, -0.2) is 94.4 Å². The number of anilines is 2. The molecule has 1 aliphatic carbocycles. The Kier molecular flexibility index (Phi) is 7.36. The second-order valence-electron chi connectivity index (χ2n) is 13.8. The van der Waals surface area contributed by atoms with Crippen LogP contribution in [0, 0.1) is 5.41 Å². The molecule has 2 unspecified atom stereocenters. The Hall–Kier alpha value is -4.23. The zero-order chi connectivity index (χ0) is 32.3. The fraction of sp³-hybridized carbons (Fsp3) is 0.500. The third-order valence-corrected chi connectivity index (χ3v) is 12.3. The van der Waals surface area contributed by atoms with Crippen LogP contribution in [-0.2, 0) is 24.6 Å². The lowest BCUT2D eigenvalue weighted by Gasteiger charge is -2.51. The van der Waals surface area contributed by atoms with Crippen molar-refractivity contribution in [2.45, 2.75) is 62.3 Å². The molecule has 0 radical (unpaired) electrons. The molecule has 2 spiro atoms. The molecule has 1 aromatic carbocycles. The highest BCUT2D eigenvalue weighted by molar-refractivity contribution is 7.14. The van der Waals surface area contributed by atoms with Crippen molar-refractivity contribution in [3.8, 4) is 10.6 Å². The van der Waals surface area contributed by atoms with Gasteiger partial charge in [0.15, 0.2) is 5.01 Å². The van der Waals surface area contributed by atoms with Gasteiger partial charge in [0.25, 0.3) is 0 Å². The summed E-state index contributed by atoms with van der Waals surface area (Å²) in [6.45, 7) is 2.85. The summed E-state index contributed by atoms with van der Waals surface area (Å²) in [4.78, 5) is 62.2. The van der Waals surface area contributed by atoms with E-state index in [2.05, 4.69) is 30.7 Å². The molecule has 8 rings (SSSR count). The lowest BCUT2D eigenvalue weighted by molar-refractivity contribution is -0.136. The van der Waals surface area contributed by atoms with E-state index in [4.69, 9.17) is 0 Å². The van der Waals surface area contributed by atoms with E-state index in [0.717, 1.165) is 71.3 Å². The number of hydrogen-bond acceptors (Lipinski definition) is 10. The monoisotopic (exact) mass is 654 g/mol. The van der Waals surface area contributed by atoms with Gasteiger partial charge in [0.2, 0.25) is 23.6 Å². The molecule has 0 bridgehead atoms. The first-order chi connectivity index (χ1) is 22.8. The van der Waals surface area contributed by atoms with Crippen molar-refractivity contribution < 1.29 is 19.2 Å². The standard InChI is InChI=1S/C34H38N8O4S/c1-35-24-8-12-36-18-22(24)31-39-38-30(47-31)21-16-33(17-21)9-14-41(15-10-33)28(44)19-40-13-11-34(20-40)23-4-2-3-5-25(23)42(32(34)46)26-6-7-27(43)37-29(26)45/h2-5,8,12,18,21,26H,6-7,9-11,13-17,19-20H2,1H3,(H,35,36)(H,37,43,45). The largest absolute Gasteiger partial charge is 0.387 e. The Morgan fingerprint density at radius 3 is 2.66 bits per heavy atom. The molecule has 2 atom stereocenters. The molecule has 13 heteroatoms. The number of amides is 4. The number of carbonyl (C=O) groups excluding carboxylic acids is 4. The first-order valence-electron chi connectivity index (χ1n) is 16.5. The Bertz CT molecular complexity index is 1760. The van der Waals surface area contributed by atoms with Crippen LogP contribution >= 0.6 is 11.3 Å². The molecule has 1 saturated carbocycles. The molecular formula is C34H38N8O4S. The number of carbonyl (C=O) groups is 4. The number of nitrogens with zero attached hydrogens (tertiary/aromatic N) is 6. The Morgan fingerprint density at radius 2 is 1.87 bits per heavy atom. The minimum absolute atomic E-state index is 0.104. The Morgan fingerprint density at radius 1 is 1.06 bits per heavy atom. The molecule has 4 amide bonds. The Labute approximate surface area is 276 Å². The van der Waals surface area contributed by atoms with Crippen molar-refractivity contribution >= 4 is 46.3 Å². The summed E-state index contributed by atoms with van der Waals surface area (Å²) in [5, 5.41) is 16.6. The molecule has 5 aliphatic rings. The van der Waals surface area contributed by atoms with Crippen LogP contribution in [0.1, 0.15) is 61.4 Å². The number of likely N-dealkylation sites (tertiary alicyclic amines) is 2. The van der Waals surface area contributed by atoms with Gasteiger partial charge in [-0.15, -0.1) is 10.2 Å². The smallest absolute Gasteiger partial charge is 0.249 e. The number of fused-ring (bicyclic) bond motifs is 2. The summed E-state index contributed by atoms with van der Waals surface area (Å²) in [6, 6.07) is 8.90. The fourth-order valence-electron chi connectivity index (χ4n) is 8.58. The third kappa shape index (κ3) is 5.02. The van der Waals surface area contributed by atoms with Crippen molar-refractivity contribution in [3.05, 3.63) is 53.3 Å². The van der Waals surface area contributed by atoms with Crippen LogP contribution in [0.25, 0.3) is 10.6 Å². The summed E-state index contributed by atoms with van der Waals surface area (Å²) in [7, 11) is 1.89. The van der Waals surface area contributed by atoms with Crippen molar-refractivity contribution in [1.82, 2.24) is 30.3 Å². The lowest BCUT2D eigenvalue weighted by atomic mass is 9.58. The third-order valence-electron chi connectivity index (χ3n) is 11.2. The van der Waals surface area contributed by atoms with Gasteiger partial charge in [0, 0.05) is 69.3 Å². The average molecular weight is 655 g/mol. The Balaban J connectivity index is 0.872. The quantitative estimate of drug-likeness (QED) is 0.384. The molecule has 4 aliphatic heterocycles. The van der Waals surface area contributed by atoms with Crippen molar-refractivity contribution in [2.24, 2.45) is 5.41 Å². The van der Waals surface area contributed by atoms with E-state index in [1.54, 1.807) is 22.4 Å². The van der Waals surface area contributed by atoms with Gasteiger partial charge in [0.05, 0.1) is 17.5 Å². The maximum absolute atomic E-state index is 14.1. The molecule has 3 aromatic rings. The van der Waals surface area contributed by atoms with Crippen LogP contribution in [0.3, 0.4) is 0 Å². The SMILES string of the molecule is CNc1ccncc1-c1nnc(C2CC3(CCN(C(=O)CN4CCC5(C4)C(=O)N(C4CCC(=O)NC4=O)c4ccccc45)CC3)C2)s1. The number of piperidine rings is 2. The number of benzene rings is 1. The first kappa shape index (κ1) is 30.1. The van der Waals surface area contributed by atoms with Gasteiger partial charge < -0.3 is 10.2 Å². The maximum Gasteiger partial charge on any atom is 0.249 e. The molecule has 47 heavy (non-hydrogen) atoms. The molecular weight excluding hydrogens is 616 g/mol. The molecule has 6 heterocycles. The van der Waals surface area contributed by atoms with E-state index in [9.17, 15) is 19.2 Å². The van der Waals surface area contributed by atoms with E-state index in [-0.39, 0.29) is 36.1 Å². The second kappa shape index (κ2) is 11.5. The first-order valence-corrected chi connectivity index (χ1v) is 17.3. The lowest BCUT2D eigenvalue weighted by Crippen LogP contribution is -2.56. The highest BCUT2D eigenvalue weighted by Crippen LogP contribution is 2.57. The topological polar surface area (TPSA) is 141 Å². The normalized spacial score (nSPS) is 25.7. The van der Waals surface area contributed by atoms with Crippen LogP contribution in [0.4, 0.5) is 11.4 Å². The zero-order valence-electron chi connectivity index (χ0n) is 26.4. The molecule has 244 valence electrons. The van der Waals surface area contributed by atoms with Crippen LogP contribution in [0.15, 0.2) is 42.7 Å². The summed E-state index contributed by atoms with van der Waals surface area (Å²) in [5.41, 5.74) is 3.08. The number of nitrogens with one attached hydrogen (secondary N) is 2. The van der Waals surface area contributed by atoms with Gasteiger partial charge in [-0.05, 0) is 61.6 Å². The predicted octanol–water partition coefficient (Wildman–Crippen LogP) is 2.92. The van der Waals surface area contributed by atoms with E-state index >= 15 is 0 Å². The summed E-state index contributed by atoms with van der Waals surface area (Å²) >= 11 is 1.65. The van der Waals surface area contributed by atoms with Crippen LogP contribution in [0.2, 0.25) is 0 Å². The van der Waals surface area contributed by atoms with Gasteiger partial charge >= 0.3 is 0 Å². The molecule has 3 saturated heterocycles. The minimum Gasteiger partial charge on any atom is -0.387 e. The average Bonchev–Trinajstić information content (AvgIpc) is 3.78. The van der Waals surface area contributed by atoms with Gasteiger partial charge in [0.1, 0.15) is 11.0 Å². The van der Waals surface area contributed by atoms with Crippen molar-refractivity contribution in [2.75, 3.05) is 50.0 Å². The van der Waals surface area contributed by atoms with Crippen molar-refractivity contribution in [1.29, 1.82) is 0 Å². The second-order valence-corrected chi connectivity index (χ2v) is 14.8. The van der Waals surface area contributed by atoms with Crippen molar-refractivity contribution in [3.63, 3.8) is 0 Å². The summed E-state index contributed by atoms with van der Waals surface area (Å²) < 4.78 is 0. The predicted molar refractivity (Wildman–Crippen MR) is 176 cm³/mol. The molecule has 2 aromatic heterocycles. The number of aromatic nitrogens is 3. The number of para-hydroxylation sites is 1. The summed E-state index contributed by atoms with van der Waals surface area (Å²) in [6.07, 6.45) is 8.84. The number of imide groups is 1. The van der Waals surface area contributed by atoms with Gasteiger partial charge in [-0.25, -0.2) is 0 Å². The number of pyridine rings is 1. The van der Waals surface area contributed by atoms with Gasteiger partial charge in [-0.2, -0.15) is 0 Å². The number of rotatable bonds is 6. The van der Waals surface area contributed by atoms with Gasteiger partial charge in [-0.3, -0.25) is 39.3 Å². The minimum atomic E-state index is -0.790. The molecule has 2 N–H and O–H groups in total. The number of hydrogen-bond donors (Lipinski definition) is 2. The molecule has 4 fully saturated rings. The van der Waals surface area contributed by atoms with E-state index in [1.165, 1.54) is 0 Å². The molecule has 12 nitrogen and oxygen atoms in total.